The Bertz CT molecular complexity index is 1380. The van der Waals surface area contributed by atoms with Gasteiger partial charge in [-0.25, -0.2) is 0 Å². The van der Waals surface area contributed by atoms with E-state index in [-0.39, 0.29) is 12.1 Å². The molecule has 5 nitrogen and oxygen atoms in total. The number of nitrogens with zero attached hydrogens (tertiary/aromatic N) is 3. The van der Waals surface area contributed by atoms with Gasteiger partial charge < -0.3 is 19.5 Å². The molecule has 178 valence electrons. The Hall–Kier alpha value is -3.64. The van der Waals surface area contributed by atoms with Crippen LogP contribution in [0, 0.1) is 27.7 Å². The number of rotatable bonds is 5. The van der Waals surface area contributed by atoms with Gasteiger partial charge in [-0.3, -0.25) is 4.98 Å². The van der Waals surface area contributed by atoms with Gasteiger partial charge in [0.1, 0.15) is 5.75 Å². The first-order chi connectivity index (χ1) is 16.9. The van der Waals surface area contributed by atoms with Crippen molar-refractivity contribution in [3.05, 3.63) is 107 Å². The molecule has 2 atom stereocenters. The van der Waals surface area contributed by atoms with Crippen molar-refractivity contribution in [2.45, 2.75) is 39.8 Å². The average molecular weight is 483 g/mol. The summed E-state index contributed by atoms with van der Waals surface area (Å²) in [7, 11) is 1.68. The molecule has 0 radical (unpaired) electrons. The quantitative estimate of drug-likeness (QED) is 0.339. The average Bonchev–Trinajstić information content (AvgIpc) is 3.36. The van der Waals surface area contributed by atoms with E-state index >= 15 is 0 Å². The molecule has 0 aliphatic carbocycles. The summed E-state index contributed by atoms with van der Waals surface area (Å²) in [6.07, 6.45) is 1.84. The molecule has 3 heterocycles. The highest BCUT2D eigenvalue weighted by atomic mass is 32.1. The number of aryl methyl sites for hydroxylation is 3. The minimum atomic E-state index is -0.0849. The highest BCUT2D eigenvalue weighted by Gasteiger charge is 2.42. The summed E-state index contributed by atoms with van der Waals surface area (Å²) in [6.45, 7) is 8.68. The Labute approximate surface area is 212 Å². The fraction of sp³-hybridized carbons (Fsp3) is 0.241. The molecule has 5 rings (SSSR count). The summed E-state index contributed by atoms with van der Waals surface area (Å²) in [5, 5.41) is 4.25. The van der Waals surface area contributed by atoms with Gasteiger partial charge in [-0.15, -0.1) is 0 Å². The van der Waals surface area contributed by atoms with Crippen LogP contribution in [0.4, 0.5) is 5.69 Å². The van der Waals surface area contributed by atoms with E-state index in [0.29, 0.717) is 5.11 Å². The second-order valence-electron chi connectivity index (χ2n) is 9.15. The molecule has 4 aromatic rings. The smallest absolute Gasteiger partial charge is 0.174 e. The van der Waals surface area contributed by atoms with Gasteiger partial charge in [0.05, 0.1) is 24.9 Å². The monoisotopic (exact) mass is 482 g/mol. The summed E-state index contributed by atoms with van der Waals surface area (Å²) in [6, 6.07) is 22.9. The summed E-state index contributed by atoms with van der Waals surface area (Å²) in [5.74, 6) is 0.817. The largest absolute Gasteiger partial charge is 0.497 e. The standard InChI is InChI=1S/C29H30N4OS/c1-18-9-10-19(2)26(16-18)32-20(3)17-24(21(32)4)28-27(25-8-6-7-15-30-25)31-29(35)33(28)22-11-13-23(34-5)14-12-22/h6-17,27-28H,1-5H3,(H,31,35)/t27-,28-/m0/s1. The van der Waals surface area contributed by atoms with Crippen molar-refractivity contribution in [2.75, 3.05) is 12.0 Å². The van der Waals surface area contributed by atoms with Crippen LogP contribution in [0.15, 0.2) is 72.9 Å². The van der Waals surface area contributed by atoms with Crippen molar-refractivity contribution in [3.63, 3.8) is 0 Å². The Kier molecular flexibility index (Phi) is 6.07. The molecule has 2 aromatic carbocycles. The van der Waals surface area contributed by atoms with E-state index in [0.717, 1.165) is 17.1 Å². The first-order valence-corrected chi connectivity index (χ1v) is 12.2. The van der Waals surface area contributed by atoms with Crippen molar-refractivity contribution in [1.82, 2.24) is 14.9 Å². The lowest BCUT2D eigenvalue weighted by Gasteiger charge is -2.28. The summed E-state index contributed by atoms with van der Waals surface area (Å²) < 4.78 is 7.75. The number of hydrogen-bond acceptors (Lipinski definition) is 3. The van der Waals surface area contributed by atoms with Gasteiger partial charge in [-0.1, -0.05) is 18.2 Å². The number of aromatic nitrogens is 2. The minimum Gasteiger partial charge on any atom is -0.497 e. The predicted octanol–water partition coefficient (Wildman–Crippen LogP) is 6.29. The van der Waals surface area contributed by atoms with E-state index in [1.807, 2.05) is 30.5 Å². The fourth-order valence-electron chi connectivity index (χ4n) is 5.11. The van der Waals surface area contributed by atoms with Crippen molar-refractivity contribution in [3.8, 4) is 11.4 Å². The third-order valence-corrected chi connectivity index (χ3v) is 7.16. The van der Waals surface area contributed by atoms with Gasteiger partial charge in [-0.05, 0) is 105 Å². The summed E-state index contributed by atoms with van der Waals surface area (Å²) >= 11 is 5.90. The lowest BCUT2D eigenvalue weighted by atomic mass is 9.96. The maximum Gasteiger partial charge on any atom is 0.174 e. The van der Waals surface area contributed by atoms with E-state index in [1.54, 1.807) is 7.11 Å². The molecule has 1 N–H and O–H groups in total. The second-order valence-corrected chi connectivity index (χ2v) is 9.53. The van der Waals surface area contributed by atoms with Crippen molar-refractivity contribution < 1.29 is 4.74 Å². The van der Waals surface area contributed by atoms with Crippen molar-refractivity contribution >= 4 is 23.0 Å². The van der Waals surface area contributed by atoms with Crippen molar-refractivity contribution in [1.29, 1.82) is 0 Å². The van der Waals surface area contributed by atoms with Crippen molar-refractivity contribution in [2.24, 2.45) is 0 Å². The van der Waals surface area contributed by atoms with E-state index in [9.17, 15) is 0 Å². The Morgan fingerprint density at radius 1 is 0.943 bits per heavy atom. The summed E-state index contributed by atoms with van der Waals surface area (Å²) in [4.78, 5) is 6.91. The van der Waals surface area contributed by atoms with Crippen LogP contribution in [-0.4, -0.2) is 21.8 Å². The molecule has 1 fully saturated rings. The SMILES string of the molecule is COc1ccc(N2C(=S)N[C@@H](c3ccccn3)[C@@H]2c2cc(C)n(-c3cc(C)ccc3C)c2C)cc1. The molecule has 1 aliphatic rings. The number of anilines is 1. The molecule has 0 bridgehead atoms. The Balaban J connectivity index is 1.68. The van der Waals surface area contributed by atoms with E-state index in [4.69, 9.17) is 21.9 Å². The van der Waals surface area contributed by atoms with Crippen LogP contribution in [0.25, 0.3) is 5.69 Å². The molecule has 6 heteroatoms. The molecule has 0 amide bonds. The Morgan fingerprint density at radius 2 is 1.71 bits per heavy atom. The highest BCUT2D eigenvalue weighted by Crippen LogP contribution is 2.44. The lowest BCUT2D eigenvalue weighted by Crippen LogP contribution is -2.29. The summed E-state index contributed by atoms with van der Waals surface area (Å²) in [5.41, 5.74) is 9.31. The van der Waals surface area contributed by atoms with Crippen LogP contribution in [0.3, 0.4) is 0 Å². The minimum absolute atomic E-state index is 0.0594. The lowest BCUT2D eigenvalue weighted by molar-refractivity contribution is 0.415. The third kappa shape index (κ3) is 4.08. The third-order valence-electron chi connectivity index (χ3n) is 6.84. The van der Waals surface area contributed by atoms with Crippen LogP contribution in [0.2, 0.25) is 0 Å². The van der Waals surface area contributed by atoms with Crippen LogP contribution in [-0.2, 0) is 0 Å². The maximum atomic E-state index is 5.90. The normalized spacial score (nSPS) is 17.5. The predicted molar refractivity (Wildman–Crippen MR) is 146 cm³/mol. The van der Waals surface area contributed by atoms with Crippen LogP contribution >= 0.6 is 12.2 Å². The van der Waals surface area contributed by atoms with Crippen LogP contribution < -0.4 is 15.0 Å². The van der Waals surface area contributed by atoms with Crippen LogP contribution in [0.1, 0.15) is 45.9 Å². The number of thiocarbonyl (C=S) groups is 1. The Morgan fingerprint density at radius 3 is 2.40 bits per heavy atom. The maximum absolute atomic E-state index is 5.90. The van der Waals surface area contributed by atoms with Gasteiger partial charge in [0, 0.05) is 29.0 Å². The van der Waals surface area contributed by atoms with E-state index < -0.39 is 0 Å². The number of nitrogens with one attached hydrogen (secondary N) is 1. The zero-order chi connectivity index (χ0) is 24.7. The van der Waals surface area contributed by atoms with Gasteiger partial charge in [0.15, 0.2) is 5.11 Å². The first kappa shape index (κ1) is 23.1. The highest BCUT2D eigenvalue weighted by molar-refractivity contribution is 7.80. The zero-order valence-corrected chi connectivity index (χ0v) is 21.6. The number of ether oxygens (including phenoxy) is 1. The van der Waals surface area contributed by atoms with Crippen LogP contribution in [0.5, 0.6) is 5.75 Å². The zero-order valence-electron chi connectivity index (χ0n) is 20.7. The molecule has 0 spiro atoms. The topological polar surface area (TPSA) is 42.3 Å². The number of methoxy groups -OCH3 is 1. The molecule has 1 aliphatic heterocycles. The van der Waals surface area contributed by atoms with Gasteiger partial charge >= 0.3 is 0 Å². The molecular weight excluding hydrogens is 452 g/mol. The molecular formula is C29H30N4OS. The van der Waals surface area contributed by atoms with Gasteiger partial charge in [0.2, 0.25) is 0 Å². The molecule has 1 saturated heterocycles. The van der Waals surface area contributed by atoms with Gasteiger partial charge in [0.25, 0.3) is 0 Å². The molecule has 2 aromatic heterocycles. The number of benzene rings is 2. The fourth-order valence-corrected chi connectivity index (χ4v) is 5.46. The number of pyridine rings is 1. The second kappa shape index (κ2) is 9.19. The number of hydrogen-bond donors (Lipinski definition) is 1. The van der Waals surface area contributed by atoms with E-state index in [1.165, 1.54) is 33.8 Å². The molecule has 0 unspecified atom stereocenters. The van der Waals surface area contributed by atoms with E-state index in [2.05, 4.69) is 84.9 Å². The van der Waals surface area contributed by atoms with Gasteiger partial charge in [-0.2, -0.15) is 0 Å². The molecule has 35 heavy (non-hydrogen) atoms. The molecule has 0 saturated carbocycles. The first-order valence-electron chi connectivity index (χ1n) is 11.8.